The smallest absolute Gasteiger partial charge is 0.416 e. The molecule has 3 heterocycles. The zero-order valence-corrected chi connectivity index (χ0v) is 17.5. The fraction of sp³-hybridized carbons (Fsp3) is 0.364. The van der Waals surface area contributed by atoms with Gasteiger partial charge < -0.3 is 14.2 Å². The highest BCUT2D eigenvalue weighted by atomic mass is 19.4. The molecule has 1 fully saturated rings. The molecule has 7 nitrogen and oxygen atoms in total. The molecule has 1 aliphatic heterocycles. The van der Waals surface area contributed by atoms with E-state index < -0.39 is 17.6 Å². The van der Waals surface area contributed by atoms with Crippen LogP contribution in [0.1, 0.15) is 35.2 Å². The summed E-state index contributed by atoms with van der Waals surface area (Å²) in [4.78, 5) is 20.8. The van der Waals surface area contributed by atoms with Crippen LogP contribution in [0.25, 0.3) is 11.5 Å². The van der Waals surface area contributed by atoms with Crippen molar-refractivity contribution in [3.63, 3.8) is 0 Å². The second-order valence-corrected chi connectivity index (χ2v) is 7.48. The van der Waals surface area contributed by atoms with Crippen LogP contribution in [-0.4, -0.2) is 52.2 Å². The number of benzene rings is 1. The van der Waals surface area contributed by atoms with Crippen molar-refractivity contribution in [2.24, 2.45) is 0 Å². The predicted octanol–water partition coefficient (Wildman–Crippen LogP) is 4.07. The van der Waals surface area contributed by atoms with Crippen LogP contribution in [0.3, 0.4) is 0 Å². The number of hydrogen-bond acceptors (Lipinski definition) is 6. The van der Waals surface area contributed by atoms with Gasteiger partial charge in [0.25, 0.3) is 11.8 Å². The maximum absolute atomic E-state index is 13.0. The largest absolute Gasteiger partial charge is 0.421 e. The number of carbonyl (C=O) groups is 1. The minimum absolute atomic E-state index is 0.0288. The molecule has 0 spiro atoms. The number of aromatic nitrogens is 3. The molecule has 2 aromatic heterocycles. The Bertz CT molecular complexity index is 1090. The van der Waals surface area contributed by atoms with E-state index in [1.807, 2.05) is 17.9 Å². The van der Waals surface area contributed by atoms with Gasteiger partial charge in [0.2, 0.25) is 5.89 Å². The summed E-state index contributed by atoms with van der Waals surface area (Å²) in [6.45, 7) is 3.70. The van der Waals surface area contributed by atoms with Crippen LogP contribution in [-0.2, 0) is 12.6 Å². The molecule has 0 saturated carbocycles. The average Bonchev–Trinajstić information content (AvgIpc) is 3.27. The van der Waals surface area contributed by atoms with Crippen LogP contribution in [0, 0.1) is 0 Å². The van der Waals surface area contributed by atoms with Gasteiger partial charge in [0.1, 0.15) is 5.82 Å². The van der Waals surface area contributed by atoms with Gasteiger partial charge in [-0.15, -0.1) is 10.2 Å². The molecular weight excluding hydrogens is 423 g/mol. The molecule has 1 aromatic carbocycles. The standard InChI is InChI=1S/C22H22F3N5O2/c1-2-5-18-27-28-20(32-18)17-8-4-9-26-19(17)29-10-12-30(13-11-29)21(31)15-6-3-7-16(14-15)22(23,24)25/h3-4,6-9,14H,2,5,10-13H2,1H3. The first-order chi connectivity index (χ1) is 15.4. The number of piperazine rings is 1. The Labute approximate surface area is 182 Å². The number of nitrogens with zero attached hydrogens (tertiary/aromatic N) is 5. The lowest BCUT2D eigenvalue weighted by Crippen LogP contribution is -2.49. The Balaban J connectivity index is 1.47. The molecule has 0 radical (unpaired) electrons. The van der Waals surface area contributed by atoms with E-state index in [0.717, 1.165) is 18.6 Å². The summed E-state index contributed by atoms with van der Waals surface area (Å²) < 4.78 is 44.7. The van der Waals surface area contributed by atoms with Gasteiger partial charge in [-0.05, 0) is 36.8 Å². The Kier molecular flexibility index (Phi) is 6.11. The second kappa shape index (κ2) is 8.97. The summed E-state index contributed by atoms with van der Waals surface area (Å²) in [5.41, 5.74) is -0.0942. The number of hydrogen-bond donors (Lipinski definition) is 0. The molecule has 32 heavy (non-hydrogen) atoms. The van der Waals surface area contributed by atoms with Gasteiger partial charge in [-0.3, -0.25) is 4.79 Å². The topological polar surface area (TPSA) is 75.4 Å². The lowest BCUT2D eigenvalue weighted by molar-refractivity contribution is -0.137. The quantitative estimate of drug-likeness (QED) is 0.590. The number of pyridine rings is 1. The molecule has 0 N–H and O–H groups in total. The number of amides is 1. The molecular formula is C22H22F3N5O2. The number of rotatable bonds is 5. The van der Waals surface area contributed by atoms with Gasteiger partial charge in [0.15, 0.2) is 0 Å². The number of carbonyl (C=O) groups excluding carboxylic acids is 1. The van der Waals surface area contributed by atoms with Crippen LogP contribution in [0.4, 0.5) is 19.0 Å². The molecule has 0 bridgehead atoms. The Morgan fingerprint density at radius 3 is 2.59 bits per heavy atom. The normalized spacial score (nSPS) is 14.6. The fourth-order valence-corrected chi connectivity index (χ4v) is 3.63. The third kappa shape index (κ3) is 4.58. The molecule has 4 rings (SSSR count). The van der Waals surface area contributed by atoms with Crippen LogP contribution < -0.4 is 4.90 Å². The Hall–Kier alpha value is -3.43. The number of aryl methyl sites for hydroxylation is 1. The van der Waals surface area contributed by atoms with Crippen LogP contribution >= 0.6 is 0 Å². The van der Waals surface area contributed by atoms with E-state index in [4.69, 9.17) is 4.42 Å². The van der Waals surface area contributed by atoms with Gasteiger partial charge in [-0.25, -0.2) is 4.98 Å². The summed E-state index contributed by atoms with van der Waals surface area (Å²) in [7, 11) is 0. The van der Waals surface area contributed by atoms with E-state index >= 15 is 0 Å². The van der Waals surface area contributed by atoms with Gasteiger partial charge >= 0.3 is 6.18 Å². The minimum Gasteiger partial charge on any atom is -0.421 e. The average molecular weight is 445 g/mol. The first-order valence-corrected chi connectivity index (χ1v) is 10.4. The number of anilines is 1. The van der Waals surface area contributed by atoms with E-state index in [0.29, 0.717) is 55.8 Å². The van der Waals surface area contributed by atoms with Crippen molar-refractivity contribution >= 4 is 11.7 Å². The SMILES string of the molecule is CCCc1nnc(-c2cccnc2N2CCN(C(=O)c3cccc(C(F)(F)F)c3)CC2)o1. The van der Waals surface area contributed by atoms with E-state index in [-0.39, 0.29) is 5.56 Å². The Morgan fingerprint density at radius 2 is 1.88 bits per heavy atom. The van der Waals surface area contributed by atoms with Crippen molar-refractivity contribution in [3.8, 4) is 11.5 Å². The molecule has 3 aromatic rings. The van der Waals surface area contributed by atoms with Gasteiger partial charge in [-0.2, -0.15) is 13.2 Å². The minimum atomic E-state index is -4.49. The number of halogens is 3. The summed E-state index contributed by atoms with van der Waals surface area (Å²) in [5.74, 6) is 1.20. The van der Waals surface area contributed by atoms with Crippen molar-refractivity contribution in [1.29, 1.82) is 0 Å². The lowest BCUT2D eigenvalue weighted by Gasteiger charge is -2.36. The van der Waals surface area contributed by atoms with Gasteiger partial charge in [-0.1, -0.05) is 13.0 Å². The zero-order valence-electron chi connectivity index (χ0n) is 17.5. The molecule has 0 aliphatic carbocycles. The van der Waals surface area contributed by atoms with E-state index in [1.165, 1.54) is 12.1 Å². The maximum Gasteiger partial charge on any atom is 0.416 e. The third-order valence-corrected chi connectivity index (χ3v) is 5.25. The molecule has 10 heteroatoms. The second-order valence-electron chi connectivity index (χ2n) is 7.48. The predicted molar refractivity (Wildman–Crippen MR) is 111 cm³/mol. The molecule has 1 aliphatic rings. The highest BCUT2D eigenvalue weighted by Gasteiger charge is 2.32. The summed E-state index contributed by atoms with van der Waals surface area (Å²) in [5, 5.41) is 8.20. The maximum atomic E-state index is 13.0. The molecule has 1 saturated heterocycles. The lowest BCUT2D eigenvalue weighted by atomic mass is 10.1. The third-order valence-electron chi connectivity index (χ3n) is 5.25. The van der Waals surface area contributed by atoms with Crippen molar-refractivity contribution in [2.75, 3.05) is 31.1 Å². The van der Waals surface area contributed by atoms with Crippen molar-refractivity contribution in [3.05, 3.63) is 59.6 Å². The van der Waals surface area contributed by atoms with Gasteiger partial charge in [0.05, 0.1) is 11.1 Å². The molecule has 0 atom stereocenters. The highest BCUT2D eigenvalue weighted by molar-refractivity contribution is 5.94. The van der Waals surface area contributed by atoms with E-state index in [9.17, 15) is 18.0 Å². The van der Waals surface area contributed by atoms with Crippen LogP contribution in [0.2, 0.25) is 0 Å². The van der Waals surface area contributed by atoms with Crippen molar-refractivity contribution in [1.82, 2.24) is 20.1 Å². The van der Waals surface area contributed by atoms with E-state index in [1.54, 1.807) is 17.2 Å². The van der Waals surface area contributed by atoms with Crippen molar-refractivity contribution < 1.29 is 22.4 Å². The fourth-order valence-electron chi connectivity index (χ4n) is 3.63. The Morgan fingerprint density at radius 1 is 1.09 bits per heavy atom. The highest BCUT2D eigenvalue weighted by Crippen LogP contribution is 2.31. The molecule has 168 valence electrons. The monoisotopic (exact) mass is 445 g/mol. The van der Waals surface area contributed by atoms with Crippen molar-refractivity contribution in [2.45, 2.75) is 25.9 Å². The molecule has 0 unspecified atom stereocenters. The van der Waals surface area contributed by atoms with Crippen LogP contribution in [0.5, 0.6) is 0 Å². The number of alkyl halides is 3. The summed E-state index contributed by atoms with van der Waals surface area (Å²) >= 11 is 0. The summed E-state index contributed by atoms with van der Waals surface area (Å²) in [6, 6.07) is 8.16. The summed E-state index contributed by atoms with van der Waals surface area (Å²) in [6.07, 6.45) is -1.24. The zero-order chi connectivity index (χ0) is 22.7. The first-order valence-electron chi connectivity index (χ1n) is 10.4. The van der Waals surface area contributed by atoms with Crippen LogP contribution in [0.15, 0.2) is 47.0 Å². The molecule has 1 amide bonds. The van der Waals surface area contributed by atoms with Gasteiger partial charge in [0, 0.05) is 44.4 Å². The first kappa shape index (κ1) is 21.8. The van der Waals surface area contributed by atoms with E-state index in [2.05, 4.69) is 15.2 Å².